The van der Waals surface area contributed by atoms with Gasteiger partial charge < -0.3 is 14.8 Å². The molecule has 0 atom stereocenters. The lowest BCUT2D eigenvalue weighted by Gasteiger charge is -2.07. The summed E-state index contributed by atoms with van der Waals surface area (Å²) in [6, 6.07) is 13.4. The van der Waals surface area contributed by atoms with Crippen LogP contribution in [-0.2, 0) is 11.2 Å². The van der Waals surface area contributed by atoms with E-state index in [9.17, 15) is 4.79 Å². The normalized spacial score (nSPS) is 16.8. The molecule has 0 spiro atoms. The van der Waals surface area contributed by atoms with E-state index in [4.69, 9.17) is 9.47 Å². The van der Waals surface area contributed by atoms with Crippen LogP contribution in [0.3, 0.4) is 0 Å². The van der Waals surface area contributed by atoms with Crippen LogP contribution in [0.4, 0.5) is 5.69 Å². The van der Waals surface area contributed by atoms with Crippen LogP contribution in [0.15, 0.2) is 52.4 Å². The zero-order chi connectivity index (χ0) is 18.5. The van der Waals surface area contributed by atoms with Gasteiger partial charge in [-0.1, -0.05) is 19.1 Å². The minimum atomic E-state index is -0.177. The number of carbonyl (C=O) groups excluding carboxylic acids is 1. The van der Waals surface area contributed by atoms with Crippen molar-refractivity contribution in [3.63, 3.8) is 0 Å². The van der Waals surface area contributed by atoms with E-state index in [0.29, 0.717) is 21.6 Å². The number of benzene rings is 2. The third kappa shape index (κ3) is 4.08. The van der Waals surface area contributed by atoms with Gasteiger partial charge >= 0.3 is 0 Å². The van der Waals surface area contributed by atoms with E-state index >= 15 is 0 Å². The molecule has 0 saturated carbocycles. The van der Waals surface area contributed by atoms with Crippen molar-refractivity contribution >= 4 is 34.6 Å². The van der Waals surface area contributed by atoms with Gasteiger partial charge in [0.1, 0.15) is 11.5 Å². The van der Waals surface area contributed by atoms with Crippen molar-refractivity contribution in [2.45, 2.75) is 13.3 Å². The Balaban J connectivity index is 1.85. The number of aryl methyl sites for hydroxylation is 1. The molecule has 1 amide bonds. The number of methoxy groups -OCH3 is 2. The molecule has 3 rings (SSSR count). The molecule has 0 bridgehead atoms. The Morgan fingerprint density at radius 1 is 1.12 bits per heavy atom. The smallest absolute Gasteiger partial charge is 0.264 e. The number of thioether (sulfide) groups is 1. The first kappa shape index (κ1) is 18.1. The molecule has 6 heteroatoms. The molecular formula is C20H20N2O3S. The van der Waals surface area contributed by atoms with Gasteiger partial charge in [-0.2, -0.15) is 0 Å². The molecule has 1 aliphatic heterocycles. The monoisotopic (exact) mass is 368 g/mol. The Hall–Kier alpha value is -2.73. The van der Waals surface area contributed by atoms with Crippen LogP contribution < -0.4 is 14.8 Å². The first-order valence-corrected chi connectivity index (χ1v) is 9.05. The summed E-state index contributed by atoms with van der Waals surface area (Å²) >= 11 is 1.31. The number of nitrogens with zero attached hydrogens (tertiary/aromatic N) is 1. The van der Waals surface area contributed by atoms with Crippen molar-refractivity contribution in [2.75, 3.05) is 14.2 Å². The number of hydrogen-bond acceptors (Lipinski definition) is 5. The number of aliphatic imine (C=N–C) groups is 1. The number of carbonyl (C=O) groups is 1. The fourth-order valence-corrected chi connectivity index (χ4v) is 3.33. The average Bonchev–Trinajstić information content (AvgIpc) is 3.01. The minimum Gasteiger partial charge on any atom is -0.497 e. The lowest BCUT2D eigenvalue weighted by molar-refractivity contribution is -0.115. The Bertz CT molecular complexity index is 873. The second kappa shape index (κ2) is 8.10. The predicted molar refractivity (Wildman–Crippen MR) is 106 cm³/mol. The number of amides is 1. The molecule has 0 radical (unpaired) electrons. The molecule has 1 heterocycles. The number of ether oxygens (including phenoxy) is 2. The highest BCUT2D eigenvalue weighted by Crippen LogP contribution is 2.32. The fraction of sp³-hybridized carbons (Fsp3) is 0.200. The first-order valence-electron chi connectivity index (χ1n) is 8.23. The molecule has 1 fully saturated rings. The summed E-state index contributed by atoms with van der Waals surface area (Å²) in [6.45, 7) is 2.11. The van der Waals surface area contributed by atoms with Crippen molar-refractivity contribution in [3.05, 3.63) is 58.5 Å². The van der Waals surface area contributed by atoms with Gasteiger partial charge in [-0.3, -0.25) is 4.79 Å². The fourth-order valence-electron chi connectivity index (χ4n) is 2.50. The van der Waals surface area contributed by atoms with Gasteiger partial charge in [0.15, 0.2) is 5.17 Å². The molecule has 0 aromatic heterocycles. The molecule has 1 saturated heterocycles. The summed E-state index contributed by atoms with van der Waals surface area (Å²) in [7, 11) is 3.20. The maximum absolute atomic E-state index is 12.3. The second-order valence-electron chi connectivity index (χ2n) is 5.61. The Labute approximate surface area is 157 Å². The quantitative estimate of drug-likeness (QED) is 0.805. The first-order chi connectivity index (χ1) is 12.6. The van der Waals surface area contributed by atoms with Gasteiger partial charge in [0.2, 0.25) is 0 Å². The highest BCUT2D eigenvalue weighted by Gasteiger charge is 2.24. The minimum absolute atomic E-state index is 0.177. The standard InChI is InChI=1S/C20H20N2O3S/c1-4-13-5-7-15(8-6-13)21-20-22-19(23)18(26-20)12-14-11-16(24-2)9-10-17(14)25-3/h5-12H,4H2,1-3H3,(H,21,22,23). The summed E-state index contributed by atoms with van der Waals surface area (Å²) in [5.41, 5.74) is 2.84. The molecular weight excluding hydrogens is 348 g/mol. The molecule has 26 heavy (non-hydrogen) atoms. The van der Waals surface area contributed by atoms with Crippen molar-refractivity contribution in [2.24, 2.45) is 4.99 Å². The van der Waals surface area contributed by atoms with E-state index in [1.54, 1.807) is 20.3 Å². The SMILES string of the molecule is CCc1ccc(N=C2NC(=O)C(=Cc3cc(OC)ccc3OC)S2)cc1. The summed E-state index contributed by atoms with van der Waals surface area (Å²) < 4.78 is 10.6. The van der Waals surface area contributed by atoms with Crippen molar-refractivity contribution < 1.29 is 14.3 Å². The zero-order valence-corrected chi connectivity index (χ0v) is 15.7. The molecule has 0 unspecified atom stereocenters. The maximum Gasteiger partial charge on any atom is 0.264 e. The van der Waals surface area contributed by atoms with Crippen LogP contribution in [-0.4, -0.2) is 25.3 Å². The van der Waals surface area contributed by atoms with Crippen molar-refractivity contribution in [1.29, 1.82) is 0 Å². The summed E-state index contributed by atoms with van der Waals surface area (Å²) in [6.07, 6.45) is 2.77. The lowest BCUT2D eigenvalue weighted by atomic mass is 10.1. The molecule has 2 aromatic carbocycles. The highest BCUT2D eigenvalue weighted by molar-refractivity contribution is 8.18. The van der Waals surface area contributed by atoms with Crippen LogP contribution in [0.5, 0.6) is 11.5 Å². The molecule has 0 aliphatic carbocycles. The van der Waals surface area contributed by atoms with Crippen LogP contribution >= 0.6 is 11.8 Å². The number of rotatable bonds is 5. The average molecular weight is 368 g/mol. The van der Waals surface area contributed by atoms with E-state index in [1.165, 1.54) is 17.3 Å². The van der Waals surface area contributed by atoms with Crippen LogP contribution in [0.1, 0.15) is 18.1 Å². The Morgan fingerprint density at radius 2 is 1.88 bits per heavy atom. The highest BCUT2D eigenvalue weighted by atomic mass is 32.2. The molecule has 1 aliphatic rings. The molecule has 5 nitrogen and oxygen atoms in total. The predicted octanol–water partition coefficient (Wildman–Crippen LogP) is 4.16. The van der Waals surface area contributed by atoms with E-state index in [-0.39, 0.29) is 5.91 Å². The van der Waals surface area contributed by atoms with Gasteiger partial charge in [0.05, 0.1) is 24.8 Å². The van der Waals surface area contributed by atoms with Crippen LogP contribution in [0, 0.1) is 0 Å². The van der Waals surface area contributed by atoms with E-state index < -0.39 is 0 Å². The van der Waals surface area contributed by atoms with Crippen molar-refractivity contribution in [1.82, 2.24) is 5.32 Å². The number of amidine groups is 1. The summed E-state index contributed by atoms with van der Waals surface area (Å²) in [5, 5.41) is 3.36. The Kier molecular flexibility index (Phi) is 5.63. The number of nitrogens with one attached hydrogen (secondary N) is 1. The van der Waals surface area contributed by atoms with Crippen LogP contribution in [0.2, 0.25) is 0 Å². The van der Waals surface area contributed by atoms with E-state index in [2.05, 4.69) is 17.2 Å². The second-order valence-corrected chi connectivity index (χ2v) is 6.64. The van der Waals surface area contributed by atoms with Gasteiger partial charge in [-0.25, -0.2) is 4.99 Å². The third-order valence-electron chi connectivity index (χ3n) is 3.95. The topological polar surface area (TPSA) is 59.9 Å². The van der Waals surface area contributed by atoms with Gasteiger partial charge in [0.25, 0.3) is 5.91 Å². The van der Waals surface area contributed by atoms with E-state index in [1.807, 2.05) is 42.5 Å². The largest absolute Gasteiger partial charge is 0.497 e. The van der Waals surface area contributed by atoms with Gasteiger partial charge in [-0.15, -0.1) is 0 Å². The summed E-state index contributed by atoms with van der Waals surface area (Å²) in [4.78, 5) is 17.3. The van der Waals surface area contributed by atoms with Gasteiger partial charge in [-0.05, 0) is 60.2 Å². The number of hydrogen-bond donors (Lipinski definition) is 1. The molecule has 2 aromatic rings. The maximum atomic E-state index is 12.3. The molecule has 134 valence electrons. The Morgan fingerprint density at radius 3 is 2.54 bits per heavy atom. The van der Waals surface area contributed by atoms with Gasteiger partial charge in [0, 0.05) is 5.56 Å². The van der Waals surface area contributed by atoms with Crippen molar-refractivity contribution in [3.8, 4) is 11.5 Å². The summed E-state index contributed by atoms with van der Waals surface area (Å²) in [5.74, 6) is 1.20. The zero-order valence-electron chi connectivity index (χ0n) is 14.9. The lowest BCUT2D eigenvalue weighted by Crippen LogP contribution is -2.19. The van der Waals surface area contributed by atoms with Crippen LogP contribution in [0.25, 0.3) is 6.08 Å². The molecule has 1 N–H and O–H groups in total. The van der Waals surface area contributed by atoms with E-state index in [0.717, 1.165) is 17.7 Å². The third-order valence-corrected chi connectivity index (χ3v) is 4.86.